The van der Waals surface area contributed by atoms with Crippen molar-refractivity contribution in [2.45, 2.75) is 0 Å². The van der Waals surface area contributed by atoms with E-state index in [9.17, 15) is 9.59 Å². The van der Waals surface area contributed by atoms with Gasteiger partial charge in [0, 0.05) is 11.6 Å². The maximum Gasteiger partial charge on any atom is 0.379 e. The van der Waals surface area contributed by atoms with Crippen LogP contribution >= 0.6 is 12.2 Å². The molecular weight excluding hydrogens is 386 g/mol. The van der Waals surface area contributed by atoms with Gasteiger partial charge in [-0.2, -0.15) is 5.10 Å². The molecule has 0 unspecified atom stereocenters. The Bertz CT molecular complexity index is 1010. The Kier molecular flexibility index (Phi) is 5.82. The molecule has 0 bridgehead atoms. The molecule has 10 heteroatoms. The van der Waals surface area contributed by atoms with Gasteiger partial charge in [0.05, 0.1) is 18.7 Å². The number of esters is 2. The Morgan fingerprint density at radius 3 is 2.25 bits per heavy atom. The lowest BCUT2D eigenvalue weighted by molar-refractivity contribution is 0.0698. The number of hydrogen-bond acceptors (Lipinski definition) is 8. The number of furan rings is 2. The van der Waals surface area contributed by atoms with E-state index in [1.807, 2.05) is 0 Å². The van der Waals surface area contributed by atoms with Gasteiger partial charge in [-0.15, -0.1) is 0 Å². The van der Waals surface area contributed by atoms with Crippen LogP contribution in [0.2, 0.25) is 0 Å². The fraction of sp³-hybridized carbons (Fsp3) is 0. The molecule has 2 aromatic heterocycles. The van der Waals surface area contributed by atoms with Gasteiger partial charge in [0.15, 0.2) is 5.11 Å². The van der Waals surface area contributed by atoms with Crippen LogP contribution in [-0.2, 0) is 0 Å². The Morgan fingerprint density at radius 1 is 1.04 bits per heavy atom. The van der Waals surface area contributed by atoms with Gasteiger partial charge < -0.3 is 24.0 Å². The topological polar surface area (TPSA) is 129 Å². The molecule has 0 spiro atoms. The van der Waals surface area contributed by atoms with Gasteiger partial charge in [-0.05, 0) is 48.6 Å². The molecule has 1 aromatic carbocycles. The summed E-state index contributed by atoms with van der Waals surface area (Å²) in [6.07, 6.45) is 4.02. The molecule has 0 saturated carbocycles. The lowest BCUT2D eigenvalue weighted by Crippen LogP contribution is -2.24. The van der Waals surface area contributed by atoms with Crippen LogP contribution < -0.4 is 20.6 Å². The van der Waals surface area contributed by atoms with E-state index < -0.39 is 11.9 Å². The third-order valence-electron chi connectivity index (χ3n) is 3.22. The molecule has 3 aromatic rings. The SMILES string of the molecule is NC(=S)N/N=C/c1ccc(OC(=O)c2ccco2)cc1OC(=O)c1ccco1. The van der Waals surface area contributed by atoms with Crippen molar-refractivity contribution in [2.24, 2.45) is 10.8 Å². The van der Waals surface area contributed by atoms with Gasteiger partial charge in [0.2, 0.25) is 11.5 Å². The number of rotatable bonds is 6. The van der Waals surface area contributed by atoms with Gasteiger partial charge in [-0.3, -0.25) is 5.43 Å². The molecule has 0 saturated heterocycles. The van der Waals surface area contributed by atoms with Gasteiger partial charge >= 0.3 is 11.9 Å². The number of hydrazone groups is 1. The van der Waals surface area contributed by atoms with Crippen molar-refractivity contribution in [3.8, 4) is 11.5 Å². The normalized spacial score (nSPS) is 10.6. The molecule has 0 atom stereocenters. The summed E-state index contributed by atoms with van der Waals surface area (Å²) < 4.78 is 20.5. The Hall–Kier alpha value is -3.92. The number of carbonyl (C=O) groups excluding carboxylic acids is 2. The molecule has 0 radical (unpaired) electrons. The predicted molar refractivity (Wildman–Crippen MR) is 101 cm³/mol. The van der Waals surface area contributed by atoms with Gasteiger partial charge in [-0.25, -0.2) is 9.59 Å². The summed E-state index contributed by atoms with van der Waals surface area (Å²) >= 11 is 4.66. The zero-order valence-corrected chi connectivity index (χ0v) is 15.0. The molecular formula is C18H13N3O6S. The van der Waals surface area contributed by atoms with Gasteiger partial charge in [-0.1, -0.05) is 0 Å². The van der Waals surface area contributed by atoms with E-state index in [2.05, 4.69) is 22.7 Å². The highest BCUT2D eigenvalue weighted by Crippen LogP contribution is 2.26. The van der Waals surface area contributed by atoms with E-state index in [0.717, 1.165) is 0 Å². The number of nitrogens with zero attached hydrogens (tertiary/aromatic N) is 1. The van der Waals surface area contributed by atoms with Crippen LogP contribution in [0.5, 0.6) is 11.5 Å². The first-order chi connectivity index (χ1) is 13.5. The maximum absolute atomic E-state index is 12.2. The molecule has 3 N–H and O–H groups in total. The molecule has 0 amide bonds. The van der Waals surface area contributed by atoms with E-state index in [1.165, 1.54) is 49.1 Å². The molecule has 0 fully saturated rings. The minimum absolute atomic E-state index is 0.00198. The summed E-state index contributed by atoms with van der Waals surface area (Å²) in [5.41, 5.74) is 8.09. The quantitative estimate of drug-likeness (QED) is 0.211. The molecule has 2 heterocycles. The number of carbonyl (C=O) groups is 2. The fourth-order valence-electron chi connectivity index (χ4n) is 2.04. The van der Waals surface area contributed by atoms with Crippen molar-refractivity contribution in [1.82, 2.24) is 5.43 Å². The van der Waals surface area contributed by atoms with Gasteiger partial charge in [0.1, 0.15) is 11.5 Å². The summed E-state index contributed by atoms with van der Waals surface area (Å²) in [6.45, 7) is 0. The molecule has 9 nitrogen and oxygen atoms in total. The molecule has 0 aliphatic heterocycles. The summed E-state index contributed by atoms with van der Waals surface area (Å²) in [5.74, 6) is -1.22. The van der Waals surface area contributed by atoms with Crippen LogP contribution in [0.3, 0.4) is 0 Å². The van der Waals surface area contributed by atoms with Crippen molar-refractivity contribution < 1.29 is 27.9 Å². The lowest BCUT2D eigenvalue weighted by Gasteiger charge is -2.09. The Morgan fingerprint density at radius 2 is 1.68 bits per heavy atom. The Labute approximate surface area is 163 Å². The minimum atomic E-state index is -0.739. The summed E-state index contributed by atoms with van der Waals surface area (Å²) in [6, 6.07) is 10.4. The highest BCUT2D eigenvalue weighted by atomic mass is 32.1. The smallest absolute Gasteiger partial charge is 0.379 e. The number of ether oxygens (including phenoxy) is 2. The second-order valence-corrected chi connectivity index (χ2v) is 5.61. The van der Waals surface area contributed by atoms with Crippen molar-refractivity contribution in [2.75, 3.05) is 0 Å². The van der Waals surface area contributed by atoms with Crippen LogP contribution in [0.1, 0.15) is 26.7 Å². The number of nitrogens with one attached hydrogen (secondary N) is 1. The van der Waals surface area contributed by atoms with E-state index >= 15 is 0 Å². The second kappa shape index (κ2) is 8.64. The number of nitrogens with two attached hydrogens (primary N) is 1. The summed E-state index contributed by atoms with van der Waals surface area (Å²) in [5, 5.41) is 3.79. The van der Waals surface area contributed by atoms with Crippen LogP contribution in [0.25, 0.3) is 0 Å². The third-order valence-corrected chi connectivity index (χ3v) is 3.31. The van der Waals surface area contributed by atoms with E-state index in [0.29, 0.717) is 5.56 Å². The van der Waals surface area contributed by atoms with Gasteiger partial charge in [0.25, 0.3) is 0 Å². The monoisotopic (exact) mass is 399 g/mol. The van der Waals surface area contributed by atoms with Crippen molar-refractivity contribution in [3.05, 3.63) is 72.1 Å². The van der Waals surface area contributed by atoms with Crippen molar-refractivity contribution in [1.29, 1.82) is 0 Å². The lowest BCUT2D eigenvalue weighted by atomic mass is 10.2. The van der Waals surface area contributed by atoms with Crippen LogP contribution in [0.4, 0.5) is 0 Å². The number of thiocarbonyl (C=S) groups is 1. The van der Waals surface area contributed by atoms with E-state index in [1.54, 1.807) is 12.1 Å². The summed E-state index contributed by atoms with van der Waals surface area (Å²) in [4.78, 5) is 24.2. The average Bonchev–Trinajstić information content (AvgIpc) is 3.37. The predicted octanol–water partition coefficient (Wildman–Crippen LogP) is 2.48. The average molecular weight is 399 g/mol. The van der Waals surface area contributed by atoms with E-state index in [4.69, 9.17) is 24.0 Å². The molecule has 28 heavy (non-hydrogen) atoms. The molecule has 0 aliphatic carbocycles. The zero-order valence-electron chi connectivity index (χ0n) is 14.2. The maximum atomic E-state index is 12.2. The highest BCUT2D eigenvalue weighted by molar-refractivity contribution is 7.80. The zero-order chi connectivity index (χ0) is 19.9. The summed E-state index contributed by atoms with van der Waals surface area (Å²) in [7, 11) is 0. The van der Waals surface area contributed by atoms with Crippen LogP contribution in [0, 0.1) is 0 Å². The van der Waals surface area contributed by atoms with Crippen molar-refractivity contribution >= 4 is 35.5 Å². The first-order valence-corrected chi connectivity index (χ1v) is 8.17. The molecule has 0 aliphatic rings. The highest BCUT2D eigenvalue weighted by Gasteiger charge is 2.17. The fourth-order valence-corrected chi connectivity index (χ4v) is 2.09. The Balaban J connectivity index is 1.84. The van der Waals surface area contributed by atoms with E-state index in [-0.39, 0.29) is 28.1 Å². The van der Waals surface area contributed by atoms with Crippen molar-refractivity contribution in [3.63, 3.8) is 0 Å². The minimum Gasteiger partial charge on any atom is -0.457 e. The third kappa shape index (κ3) is 4.83. The first kappa shape index (κ1) is 18.9. The van der Waals surface area contributed by atoms with Crippen LogP contribution in [0.15, 0.2) is 68.9 Å². The second-order valence-electron chi connectivity index (χ2n) is 5.17. The van der Waals surface area contributed by atoms with Crippen LogP contribution in [-0.4, -0.2) is 23.3 Å². The largest absolute Gasteiger partial charge is 0.457 e. The standard InChI is InChI=1S/C18H13N3O6S/c19-18(28)21-20-10-11-5-6-12(26-16(22)13-3-1-7-24-13)9-15(11)27-17(23)14-4-2-8-25-14/h1-10H,(H3,19,21,28)/b20-10+. The number of benzene rings is 1. The molecule has 142 valence electrons. The number of hydrogen-bond donors (Lipinski definition) is 2. The first-order valence-electron chi connectivity index (χ1n) is 7.77. The molecule has 3 rings (SSSR count).